The summed E-state index contributed by atoms with van der Waals surface area (Å²) in [5.41, 5.74) is 1.98. The summed E-state index contributed by atoms with van der Waals surface area (Å²) in [5.74, 6) is -0.720. The van der Waals surface area contributed by atoms with E-state index < -0.39 is 5.97 Å². The molecule has 16 heavy (non-hydrogen) atoms. The Labute approximate surface area is 92.3 Å². The van der Waals surface area contributed by atoms with Gasteiger partial charge in [0.25, 0.3) is 0 Å². The van der Waals surface area contributed by atoms with Crippen LogP contribution < -0.4 is 0 Å². The Kier molecular flexibility index (Phi) is 1.80. The molecule has 2 aromatic rings. The molecule has 1 aromatic carbocycles. The molecule has 1 saturated carbocycles. The first kappa shape index (κ1) is 9.39. The lowest BCUT2D eigenvalue weighted by atomic mass is 9.92. The SMILES string of the molecule is O=C(O)CC1(c2ccc3cn[nH]c3c2)CC1. The Morgan fingerprint density at radius 2 is 2.31 bits per heavy atom. The first-order chi connectivity index (χ1) is 7.70. The average Bonchev–Trinajstić information content (AvgIpc) is 2.87. The highest BCUT2D eigenvalue weighted by atomic mass is 16.4. The van der Waals surface area contributed by atoms with Gasteiger partial charge in [0, 0.05) is 10.8 Å². The van der Waals surface area contributed by atoms with Crippen molar-refractivity contribution in [2.24, 2.45) is 0 Å². The fourth-order valence-electron chi connectivity index (χ4n) is 2.27. The fraction of sp³-hybridized carbons (Fsp3) is 0.333. The van der Waals surface area contributed by atoms with E-state index in [4.69, 9.17) is 5.11 Å². The normalized spacial score (nSPS) is 17.5. The molecular weight excluding hydrogens is 204 g/mol. The number of rotatable bonds is 3. The highest BCUT2D eigenvalue weighted by Gasteiger charge is 2.45. The quantitative estimate of drug-likeness (QED) is 0.825. The maximum Gasteiger partial charge on any atom is 0.304 e. The number of fused-ring (bicyclic) bond motifs is 1. The van der Waals surface area contributed by atoms with Gasteiger partial charge in [0.1, 0.15) is 0 Å². The zero-order valence-corrected chi connectivity index (χ0v) is 8.73. The second kappa shape index (κ2) is 3.07. The van der Waals surface area contributed by atoms with Gasteiger partial charge >= 0.3 is 5.97 Å². The van der Waals surface area contributed by atoms with Crippen LogP contribution in [0.15, 0.2) is 24.4 Å². The maximum absolute atomic E-state index is 10.8. The van der Waals surface area contributed by atoms with Crippen molar-refractivity contribution in [3.05, 3.63) is 30.0 Å². The third-order valence-corrected chi connectivity index (χ3v) is 3.40. The van der Waals surface area contributed by atoms with Crippen LogP contribution in [0, 0.1) is 0 Å². The largest absolute Gasteiger partial charge is 0.481 e. The number of carboxylic acid groups (broad SMARTS) is 1. The Morgan fingerprint density at radius 3 is 3.00 bits per heavy atom. The van der Waals surface area contributed by atoms with Crippen LogP contribution >= 0.6 is 0 Å². The van der Waals surface area contributed by atoms with Gasteiger partial charge in [-0.25, -0.2) is 0 Å². The van der Waals surface area contributed by atoms with E-state index in [9.17, 15) is 4.79 Å². The molecule has 0 unspecified atom stereocenters. The molecular formula is C12H12N2O2. The van der Waals surface area contributed by atoms with Gasteiger partial charge < -0.3 is 5.11 Å². The van der Waals surface area contributed by atoms with E-state index in [0.29, 0.717) is 0 Å². The zero-order valence-electron chi connectivity index (χ0n) is 8.73. The first-order valence-electron chi connectivity index (χ1n) is 5.35. The molecule has 0 aliphatic heterocycles. The molecule has 0 saturated heterocycles. The zero-order chi connectivity index (χ0) is 11.2. The topological polar surface area (TPSA) is 66.0 Å². The number of carboxylic acids is 1. The smallest absolute Gasteiger partial charge is 0.304 e. The Morgan fingerprint density at radius 1 is 1.50 bits per heavy atom. The second-order valence-electron chi connectivity index (χ2n) is 4.52. The molecule has 1 fully saturated rings. The molecule has 0 bridgehead atoms. The number of carbonyl (C=O) groups is 1. The number of nitrogens with one attached hydrogen (secondary N) is 1. The second-order valence-corrected chi connectivity index (χ2v) is 4.52. The lowest BCUT2D eigenvalue weighted by Gasteiger charge is -2.12. The van der Waals surface area contributed by atoms with E-state index in [-0.39, 0.29) is 11.8 Å². The van der Waals surface area contributed by atoms with E-state index in [1.54, 1.807) is 6.20 Å². The van der Waals surface area contributed by atoms with Crippen molar-refractivity contribution >= 4 is 16.9 Å². The molecule has 1 aromatic heterocycles. The molecule has 4 nitrogen and oxygen atoms in total. The van der Waals surface area contributed by atoms with E-state index >= 15 is 0 Å². The molecule has 1 aliphatic carbocycles. The van der Waals surface area contributed by atoms with Crippen LogP contribution in [0.25, 0.3) is 10.9 Å². The maximum atomic E-state index is 10.8. The minimum absolute atomic E-state index is 0.120. The van der Waals surface area contributed by atoms with Gasteiger partial charge in [-0.05, 0) is 24.5 Å². The van der Waals surface area contributed by atoms with Crippen molar-refractivity contribution in [3.8, 4) is 0 Å². The van der Waals surface area contributed by atoms with Gasteiger partial charge in [-0.2, -0.15) is 5.10 Å². The van der Waals surface area contributed by atoms with Crippen LogP contribution in [0.4, 0.5) is 0 Å². The van der Waals surface area contributed by atoms with Crippen LogP contribution in [0.5, 0.6) is 0 Å². The van der Waals surface area contributed by atoms with Gasteiger partial charge in [-0.15, -0.1) is 0 Å². The Hall–Kier alpha value is -1.84. The van der Waals surface area contributed by atoms with E-state index in [0.717, 1.165) is 29.3 Å². The van der Waals surface area contributed by atoms with Crippen LogP contribution in [-0.4, -0.2) is 21.3 Å². The van der Waals surface area contributed by atoms with Gasteiger partial charge in [-0.1, -0.05) is 12.1 Å². The van der Waals surface area contributed by atoms with Gasteiger partial charge in [0.2, 0.25) is 0 Å². The number of aromatic nitrogens is 2. The van der Waals surface area contributed by atoms with Crippen LogP contribution in [0.1, 0.15) is 24.8 Å². The van der Waals surface area contributed by atoms with Crippen molar-refractivity contribution < 1.29 is 9.90 Å². The van der Waals surface area contributed by atoms with Crippen molar-refractivity contribution in [1.29, 1.82) is 0 Å². The van der Waals surface area contributed by atoms with Gasteiger partial charge in [0.05, 0.1) is 18.1 Å². The number of hydrogen-bond donors (Lipinski definition) is 2. The van der Waals surface area contributed by atoms with E-state index in [1.165, 1.54) is 0 Å². The van der Waals surface area contributed by atoms with E-state index in [2.05, 4.69) is 10.2 Å². The highest BCUT2D eigenvalue weighted by Crippen LogP contribution is 2.51. The number of H-pyrrole nitrogens is 1. The summed E-state index contributed by atoms with van der Waals surface area (Å²) < 4.78 is 0. The molecule has 0 spiro atoms. The minimum Gasteiger partial charge on any atom is -0.481 e. The van der Waals surface area contributed by atoms with Crippen molar-refractivity contribution in [2.75, 3.05) is 0 Å². The number of nitrogens with zero attached hydrogens (tertiary/aromatic N) is 1. The third-order valence-electron chi connectivity index (χ3n) is 3.40. The summed E-state index contributed by atoms with van der Waals surface area (Å²) in [5, 5.41) is 16.8. The van der Waals surface area contributed by atoms with Crippen LogP contribution in [0.2, 0.25) is 0 Å². The van der Waals surface area contributed by atoms with Gasteiger partial charge in [0.15, 0.2) is 0 Å². The number of aliphatic carboxylic acids is 1. The lowest BCUT2D eigenvalue weighted by Crippen LogP contribution is -2.12. The molecule has 0 radical (unpaired) electrons. The Bertz CT molecular complexity index is 555. The molecule has 2 N–H and O–H groups in total. The average molecular weight is 216 g/mol. The minimum atomic E-state index is -0.720. The van der Waals surface area contributed by atoms with Crippen molar-refractivity contribution in [1.82, 2.24) is 10.2 Å². The standard InChI is InChI=1S/C12H12N2O2/c15-11(16)6-12(3-4-12)9-2-1-8-7-13-14-10(8)5-9/h1-2,5,7H,3-4,6H2,(H,13,14)(H,15,16). The fourth-order valence-corrected chi connectivity index (χ4v) is 2.27. The monoisotopic (exact) mass is 216 g/mol. The van der Waals surface area contributed by atoms with Gasteiger partial charge in [-0.3, -0.25) is 9.89 Å². The van der Waals surface area contributed by atoms with Crippen LogP contribution in [-0.2, 0) is 10.2 Å². The summed E-state index contributed by atoms with van der Waals surface area (Å²) in [6.45, 7) is 0. The first-order valence-corrected chi connectivity index (χ1v) is 5.35. The summed E-state index contributed by atoms with van der Waals surface area (Å²) in [7, 11) is 0. The highest BCUT2D eigenvalue weighted by molar-refractivity contribution is 5.79. The molecule has 82 valence electrons. The number of aromatic amines is 1. The molecule has 1 aliphatic rings. The lowest BCUT2D eigenvalue weighted by molar-refractivity contribution is -0.137. The van der Waals surface area contributed by atoms with Crippen molar-refractivity contribution in [2.45, 2.75) is 24.7 Å². The molecule has 3 rings (SSSR count). The predicted octanol–water partition coefficient (Wildman–Crippen LogP) is 2.07. The van der Waals surface area contributed by atoms with E-state index in [1.807, 2.05) is 18.2 Å². The third kappa shape index (κ3) is 1.38. The summed E-state index contributed by atoms with van der Waals surface area (Å²) in [4.78, 5) is 10.8. The summed E-state index contributed by atoms with van der Waals surface area (Å²) >= 11 is 0. The molecule has 0 atom stereocenters. The number of benzene rings is 1. The molecule has 1 heterocycles. The Balaban J connectivity index is 2.02. The number of hydrogen-bond acceptors (Lipinski definition) is 2. The van der Waals surface area contributed by atoms with Crippen LogP contribution in [0.3, 0.4) is 0 Å². The van der Waals surface area contributed by atoms with Crippen molar-refractivity contribution in [3.63, 3.8) is 0 Å². The predicted molar refractivity (Wildman–Crippen MR) is 59.3 cm³/mol. The molecule has 4 heteroatoms. The summed E-state index contributed by atoms with van der Waals surface area (Å²) in [6.07, 6.45) is 3.94. The summed E-state index contributed by atoms with van der Waals surface area (Å²) in [6, 6.07) is 6.04. The molecule has 0 amide bonds.